The Bertz CT molecular complexity index is 257. The first-order valence-corrected chi connectivity index (χ1v) is 6.37. The van der Waals surface area contributed by atoms with Crippen LogP contribution in [0.1, 0.15) is 27.7 Å². The van der Waals surface area contributed by atoms with Crippen LogP contribution < -0.4 is 11.1 Å². The fourth-order valence-electron chi connectivity index (χ4n) is 1.98. The van der Waals surface area contributed by atoms with Crippen molar-refractivity contribution in [3.05, 3.63) is 0 Å². The molecule has 5 heteroatoms. The van der Waals surface area contributed by atoms with E-state index in [4.69, 9.17) is 5.73 Å². The lowest BCUT2D eigenvalue weighted by atomic mass is 10.0. The summed E-state index contributed by atoms with van der Waals surface area (Å²) in [5.41, 5.74) is 5.79. The number of nitrogens with two attached hydrogens (primary N) is 1. The van der Waals surface area contributed by atoms with Crippen LogP contribution in [0.15, 0.2) is 0 Å². The van der Waals surface area contributed by atoms with Gasteiger partial charge in [0, 0.05) is 44.3 Å². The molecule has 0 aliphatic carbocycles. The molecule has 0 radical (unpaired) electrons. The fourth-order valence-corrected chi connectivity index (χ4v) is 1.98. The largest absolute Gasteiger partial charge is 0.336 e. The molecule has 0 unspecified atom stereocenters. The average molecular weight is 242 g/mol. The Kier molecular flexibility index (Phi) is 4.77. The zero-order valence-electron chi connectivity index (χ0n) is 11.5. The lowest BCUT2D eigenvalue weighted by Gasteiger charge is -2.43. The molecule has 0 aromatic heterocycles. The van der Waals surface area contributed by atoms with Crippen LogP contribution in [-0.2, 0) is 0 Å². The number of rotatable bonds is 3. The Labute approximate surface area is 104 Å². The molecule has 0 bridgehead atoms. The van der Waals surface area contributed by atoms with Gasteiger partial charge in [0.25, 0.3) is 0 Å². The zero-order chi connectivity index (χ0) is 13.1. The second kappa shape index (κ2) is 5.69. The van der Waals surface area contributed by atoms with E-state index in [0.717, 1.165) is 26.2 Å². The Morgan fingerprint density at radius 1 is 1.29 bits per heavy atom. The van der Waals surface area contributed by atoms with Crippen molar-refractivity contribution in [2.45, 2.75) is 39.3 Å². The summed E-state index contributed by atoms with van der Waals surface area (Å²) in [6, 6.07) is 0.242. The second-order valence-electron chi connectivity index (χ2n) is 5.59. The van der Waals surface area contributed by atoms with Gasteiger partial charge >= 0.3 is 6.03 Å². The van der Waals surface area contributed by atoms with Gasteiger partial charge in [-0.1, -0.05) is 0 Å². The molecule has 5 nitrogen and oxygen atoms in total. The first kappa shape index (κ1) is 14.3. The molecule has 0 aromatic carbocycles. The minimum atomic E-state index is 0.0284. The molecule has 0 aromatic rings. The highest BCUT2D eigenvalue weighted by Gasteiger charge is 2.30. The van der Waals surface area contributed by atoms with Gasteiger partial charge in [-0.2, -0.15) is 0 Å². The van der Waals surface area contributed by atoms with E-state index in [1.54, 1.807) is 0 Å². The molecule has 1 heterocycles. The number of nitrogens with one attached hydrogen (secondary N) is 1. The molecule has 17 heavy (non-hydrogen) atoms. The lowest BCUT2D eigenvalue weighted by Crippen LogP contribution is -2.59. The summed E-state index contributed by atoms with van der Waals surface area (Å²) >= 11 is 0. The molecule has 0 saturated carbocycles. The van der Waals surface area contributed by atoms with Crippen LogP contribution in [-0.4, -0.2) is 60.1 Å². The molecular weight excluding hydrogens is 216 g/mol. The number of hydrogen-bond donors (Lipinski definition) is 2. The van der Waals surface area contributed by atoms with E-state index in [-0.39, 0.29) is 17.6 Å². The molecule has 1 rings (SSSR count). The zero-order valence-corrected chi connectivity index (χ0v) is 11.5. The predicted octanol–water partition coefficient (Wildman–Crippen LogP) is 0.459. The van der Waals surface area contributed by atoms with Crippen LogP contribution >= 0.6 is 0 Å². The first-order valence-electron chi connectivity index (χ1n) is 6.37. The molecule has 1 aliphatic heterocycles. The van der Waals surface area contributed by atoms with Gasteiger partial charge in [0.15, 0.2) is 0 Å². The summed E-state index contributed by atoms with van der Waals surface area (Å²) in [5.74, 6) is 0. The number of carbonyl (C=O) groups is 1. The number of urea groups is 1. The number of hydrogen-bond acceptors (Lipinski definition) is 3. The van der Waals surface area contributed by atoms with E-state index in [9.17, 15) is 4.79 Å². The Morgan fingerprint density at radius 3 is 2.24 bits per heavy atom. The lowest BCUT2D eigenvalue weighted by molar-refractivity contribution is 0.0682. The third kappa shape index (κ3) is 3.85. The number of nitrogens with zero attached hydrogens (tertiary/aromatic N) is 2. The molecule has 1 aliphatic rings. The van der Waals surface area contributed by atoms with Crippen LogP contribution in [0.5, 0.6) is 0 Å². The summed E-state index contributed by atoms with van der Waals surface area (Å²) in [6.07, 6.45) is 0. The van der Waals surface area contributed by atoms with Gasteiger partial charge in [-0.3, -0.25) is 4.90 Å². The quantitative estimate of drug-likeness (QED) is 0.756. The highest BCUT2D eigenvalue weighted by molar-refractivity contribution is 5.74. The van der Waals surface area contributed by atoms with E-state index in [1.165, 1.54) is 0 Å². The van der Waals surface area contributed by atoms with Gasteiger partial charge < -0.3 is 16.0 Å². The molecule has 1 fully saturated rings. The van der Waals surface area contributed by atoms with E-state index in [0.29, 0.717) is 6.54 Å². The van der Waals surface area contributed by atoms with Gasteiger partial charge in [0.2, 0.25) is 0 Å². The van der Waals surface area contributed by atoms with Crippen molar-refractivity contribution in [1.82, 2.24) is 15.1 Å². The SMILES string of the molecule is CC(C)NC(=O)N1CCN(C(C)(C)CN)CC1. The van der Waals surface area contributed by atoms with Gasteiger partial charge in [-0.05, 0) is 27.7 Å². The predicted molar refractivity (Wildman–Crippen MR) is 69.9 cm³/mol. The van der Waals surface area contributed by atoms with Crippen molar-refractivity contribution in [3.8, 4) is 0 Å². The van der Waals surface area contributed by atoms with Crippen molar-refractivity contribution in [2.24, 2.45) is 5.73 Å². The minimum Gasteiger partial charge on any atom is -0.336 e. The maximum atomic E-state index is 11.8. The summed E-state index contributed by atoms with van der Waals surface area (Å²) in [5, 5.41) is 2.92. The molecular formula is C12H26N4O. The van der Waals surface area contributed by atoms with Crippen LogP contribution in [0.4, 0.5) is 4.79 Å². The average Bonchev–Trinajstić information content (AvgIpc) is 2.28. The smallest absolute Gasteiger partial charge is 0.317 e. The van der Waals surface area contributed by atoms with Crippen molar-refractivity contribution >= 4 is 6.03 Å². The summed E-state index contributed by atoms with van der Waals surface area (Å²) in [7, 11) is 0. The van der Waals surface area contributed by atoms with Crippen molar-refractivity contribution in [2.75, 3.05) is 32.7 Å². The second-order valence-corrected chi connectivity index (χ2v) is 5.59. The Balaban J connectivity index is 2.43. The van der Waals surface area contributed by atoms with Gasteiger partial charge in [0.1, 0.15) is 0 Å². The maximum Gasteiger partial charge on any atom is 0.317 e. The molecule has 3 N–H and O–H groups in total. The van der Waals surface area contributed by atoms with E-state index < -0.39 is 0 Å². The standard InChI is InChI=1S/C12H26N4O/c1-10(2)14-11(17)15-5-7-16(8-6-15)12(3,4)9-13/h10H,5-9,13H2,1-4H3,(H,14,17). The number of piperazine rings is 1. The van der Waals surface area contributed by atoms with Crippen LogP contribution in [0.3, 0.4) is 0 Å². The topological polar surface area (TPSA) is 61.6 Å². The Hall–Kier alpha value is -0.810. The maximum absolute atomic E-state index is 11.8. The Morgan fingerprint density at radius 2 is 1.82 bits per heavy atom. The monoisotopic (exact) mass is 242 g/mol. The first-order chi connectivity index (χ1) is 7.86. The van der Waals surface area contributed by atoms with E-state index in [1.807, 2.05) is 18.7 Å². The van der Waals surface area contributed by atoms with Crippen LogP contribution in [0.2, 0.25) is 0 Å². The van der Waals surface area contributed by atoms with Gasteiger partial charge in [-0.15, -0.1) is 0 Å². The van der Waals surface area contributed by atoms with Gasteiger partial charge in [0.05, 0.1) is 0 Å². The van der Waals surface area contributed by atoms with Crippen molar-refractivity contribution in [3.63, 3.8) is 0 Å². The van der Waals surface area contributed by atoms with Crippen molar-refractivity contribution < 1.29 is 4.79 Å². The summed E-state index contributed by atoms with van der Waals surface area (Å²) < 4.78 is 0. The molecule has 2 amide bonds. The molecule has 1 saturated heterocycles. The third-order valence-electron chi connectivity index (χ3n) is 3.33. The highest BCUT2D eigenvalue weighted by Crippen LogP contribution is 2.15. The van der Waals surface area contributed by atoms with E-state index in [2.05, 4.69) is 24.1 Å². The van der Waals surface area contributed by atoms with Crippen molar-refractivity contribution in [1.29, 1.82) is 0 Å². The molecule has 0 atom stereocenters. The fraction of sp³-hybridized carbons (Fsp3) is 0.917. The molecule has 100 valence electrons. The van der Waals surface area contributed by atoms with E-state index >= 15 is 0 Å². The minimum absolute atomic E-state index is 0.0284. The third-order valence-corrected chi connectivity index (χ3v) is 3.33. The summed E-state index contributed by atoms with van der Waals surface area (Å²) in [6.45, 7) is 12.3. The number of carbonyl (C=O) groups excluding carboxylic acids is 1. The van der Waals surface area contributed by atoms with Crippen LogP contribution in [0.25, 0.3) is 0 Å². The van der Waals surface area contributed by atoms with Gasteiger partial charge in [-0.25, -0.2) is 4.79 Å². The normalized spacial score (nSPS) is 18.6. The summed E-state index contributed by atoms with van der Waals surface area (Å²) in [4.78, 5) is 16.0. The van der Waals surface area contributed by atoms with Crippen LogP contribution in [0, 0.1) is 0 Å². The highest BCUT2D eigenvalue weighted by atomic mass is 16.2. The molecule has 0 spiro atoms. The number of amides is 2.